The van der Waals surface area contributed by atoms with Gasteiger partial charge < -0.3 is 9.88 Å². The van der Waals surface area contributed by atoms with Crippen molar-refractivity contribution in [2.24, 2.45) is 0 Å². The number of benzene rings is 1. The van der Waals surface area contributed by atoms with Crippen molar-refractivity contribution in [2.75, 3.05) is 11.4 Å². The lowest BCUT2D eigenvalue weighted by atomic mass is 9.91. The Morgan fingerprint density at radius 3 is 3.00 bits per heavy atom. The molecular formula is C19H21ClN4. The number of nitrogens with one attached hydrogen (secondary N) is 1. The number of anilines is 1. The highest BCUT2D eigenvalue weighted by molar-refractivity contribution is 6.32. The van der Waals surface area contributed by atoms with Gasteiger partial charge in [0.1, 0.15) is 6.07 Å². The zero-order valence-electron chi connectivity index (χ0n) is 13.8. The van der Waals surface area contributed by atoms with Gasteiger partial charge in [0.05, 0.1) is 28.8 Å². The first-order valence-electron chi connectivity index (χ1n) is 8.37. The van der Waals surface area contributed by atoms with Crippen LogP contribution in [0.5, 0.6) is 0 Å². The fourth-order valence-corrected chi connectivity index (χ4v) is 3.56. The molecule has 1 aliphatic rings. The third-order valence-corrected chi connectivity index (χ3v) is 4.81. The molecule has 0 fully saturated rings. The summed E-state index contributed by atoms with van der Waals surface area (Å²) in [5.41, 5.74) is 4.05. The topological polar surface area (TPSA) is 55.7 Å². The van der Waals surface area contributed by atoms with Crippen molar-refractivity contribution in [3.8, 4) is 6.07 Å². The predicted molar refractivity (Wildman–Crippen MR) is 98.0 cm³/mol. The standard InChI is InChI=1S/C19H21ClN4/c1-2-8-24(17-7-6-15(11-21)18(20)10-17)16-5-3-4-14(9-16)19-12-22-13-23-19/h4,6-7,10,12-13,16H,2-3,5,8-9H2,1H3,(H,22,23). The van der Waals surface area contributed by atoms with Crippen molar-refractivity contribution in [1.29, 1.82) is 5.26 Å². The lowest BCUT2D eigenvalue weighted by molar-refractivity contribution is 0.546. The molecule has 0 saturated heterocycles. The van der Waals surface area contributed by atoms with Gasteiger partial charge in [-0.1, -0.05) is 24.6 Å². The largest absolute Gasteiger partial charge is 0.368 e. The smallest absolute Gasteiger partial charge is 0.101 e. The molecule has 0 amide bonds. The zero-order chi connectivity index (χ0) is 16.9. The van der Waals surface area contributed by atoms with E-state index in [2.05, 4.69) is 33.9 Å². The van der Waals surface area contributed by atoms with Crippen LogP contribution in [0.4, 0.5) is 5.69 Å². The maximum absolute atomic E-state index is 9.08. The molecule has 1 aromatic heterocycles. The second-order valence-corrected chi connectivity index (χ2v) is 6.51. The molecule has 4 nitrogen and oxygen atoms in total. The average Bonchev–Trinajstić information content (AvgIpc) is 3.14. The summed E-state index contributed by atoms with van der Waals surface area (Å²) in [7, 11) is 0. The summed E-state index contributed by atoms with van der Waals surface area (Å²) in [5, 5.41) is 9.60. The van der Waals surface area contributed by atoms with E-state index >= 15 is 0 Å². The number of aromatic amines is 1. The highest BCUT2D eigenvalue weighted by atomic mass is 35.5. The van der Waals surface area contributed by atoms with E-state index in [1.807, 2.05) is 24.4 Å². The van der Waals surface area contributed by atoms with E-state index in [0.29, 0.717) is 16.6 Å². The van der Waals surface area contributed by atoms with E-state index in [-0.39, 0.29) is 0 Å². The van der Waals surface area contributed by atoms with Gasteiger partial charge in [0.2, 0.25) is 0 Å². The SMILES string of the molecule is CCCN(c1ccc(C#N)c(Cl)c1)C1CCC=C(c2cnc[nH]2)C1. The highest BCUT2D eigenvalue weighted by Gasteiger charge is 2.24. The minimum atomic E-state index is 0.428. The van der Waals surface area contributed by atoms with Crippen LogP contribution in [0.15, 0.2) is 36.8 Å². The van der Waals surface area contributed by atoms with Gasteiger partial charge in [-0.15, -0.1) is 0 Å². The molecule has 2 aromatic rings. The highest BCUT2D eigenvalue weighted by Crippen LogP contribution is 2.33. The van der Waals surface area contributed by atoms with Gasteiger partial charge in [-0.2, -0.15) is 5.26 Å². The monoisotopic (exact) mass is 340 g/mol. The van der Waals surface area contributed by atoms with E-state index < -0.39 is 0 Å². The molecule has 1 unspecified atom stereocenters. The Balaban J connectivity index is 1.85. The number of allylic oxidation sites excluding steroid dienone is 1. The Bertz CT molecular complexity index is 758. The number of nitrogens with zero attached hydrogens (tertiary/aromatic N) is 3. The van der Waals surface area contributed by atoms with E-state index in [0.717, 1.165) is 43.6 Å². The number of rotatable bonds is 5. The van der Waals surface area contributed by atoms with Crippen molar-refractivity contribution in [2.45, 2.75) is 38.6 Å². The molecule has 1 aromatic carbocycles. The minimum Gasteiger partial charge on any atom is -0.368 e. The molecule has 1 aliphatic carbocycles. The van der Waals surface area contributed by atoms with Gasteiger partial charge in [0.15, 0.2) is 0 Å². The van der Waals surface area contributed by atoms with Crippen LogP contribution >= 0.6 is 11.6 Å². The second kappa shape index (κ2) is 7.55. The van der Waals surface area contributed by atoms with Crippen LogP contribution in [0, 0.1) is 11.3 Å². The normalized spacial score (nSPS) is 17.2. The summed E-state index contributed by atoms with van der Waals surface area (Å²) in [6, 6.07) is 8.30. The van der Waals surface area contributed by atoms with Crippen molar-refractivity contribution >= 4 is 22.9 Å². The third-order valence-electron chi connectivity index (χ3n) is 4.50. The van der Waals surface area contributed by atoms with Crippen LogP contribution in [0.3, 0.4) is 0 Å². The molecule has 0 radical (unpaired) electrons. The third kappa shape index (κ3) is 3.47. The molecule has 5 heteroatoms. The Morgan fingerprint density at radius 1 is 1.46 bits per heavy atom. The van der Waals surface area contributed by atoms with Crippen LogP contribution in [0.2, 0.25) is 5.02 Å². The van der Waals surface area contributed by atoms with Gasteiger partial charge >= 0.3 is 0 Å². The number of H-pyrrole nitrogens is 1. The number of hydrogen-bond donors (Lipinski definition) is 1. The summed E-state index contributed by atoms with van der Waals surface area (Å²) in [4.78, 5) is 9.77. The molecular weight excluding hydrogens is 320 g/mol. The Labute approximate surface area is 147 Å². The Hall–Kier alpha value is -2.25. The van der Waals surface area contributed by atoms with Gasteiger partial charge in [0.25, 0.3) is 0 Å². The minimum absolute atomic E-state index is 0.428. The van der Waals surface area contributed by atoms with Crippen molar-refractivity contribution in [3.63, 3.8) is 0 Å². The number of nitriles is 1. The summed E-state index contributed by atoms with van der Waals surface area (Å²) >= 11 is 6.25. The summed E-state index contributed by atoms with van der Waals surface area (Å²) < 4.78 is 0. The van der Waals surface area contributed by atoms with Crippen LogP contribution in [-0.2, 0) is 0 Å². The average molecular weight is 341 g/mol. The maximum Gasteiger partial charge on any atom is 0.101 e. The first kappa shape index (κ1) is 16.6. The van der Waals surface area contributed by atoms with E-state index in [1.54, 1.807) is 6.33 Å². The second-order valence-electron chi connectivity index (χ2n) is 6.10. The first-order valence-corrected chi connectivity index (χ1v) is 8.74. The first-order chi connectivity index (χ1) is 11.7. The number of hydrogen-bond acceptors (Lipinski definition) is 3. The molecule has 124 valence electrons. The van der Waals surface area contributed by atoms with Gasteiger partial charge in [0, 0.05) is 18.3 Å². The van der Waals surface area contributed by atoms with Crippen molar-refractivity contribution in [1.82, 2.24) is 9.97 Å². The number of aromatic nitrogens is 2. The Morgan fingerprint density at radius 2 is 2.33 bits per heavy atom. The predicted octanol–water partition coefficient (Wildman–Crippen LogP) is 4.79. The molecule has 1 N–H and O–H groups in total. The molecule has 3 rings (SSSR count). The van der Waals surface area contributed by atoms with E-state index in [9.17, 15) is 0 Å². The summed E-state index contributed by atoms with van der Waals surface area (Å²) in [6.07, 6.45) is 10.1. The molecule has 1 heterocycles. The lowest BCUT2D eigenvalue weighted by Crippen LogP contribution is -2.37. The molecule has 24 heavy (non-hydrogen) atoms. The van der Waals surface area contributed by atoms with E-state index in [1.165, 1.54) is 5.57 Å². The van der Waals surface area contributed by atoms with Crippen molar-refractivity contribution < 1.29 is 0 Å². The fourth-order valence-electron chi connectivity index (χ4n) is 3.34. The molecule has 0 bridgehead atoms. The van der Waals surface area contributed by atoms with Crippen LogP contribution < -0.4 is 4.90 Å². The van der Waals surface area contributed by atoms with E-state index in [4.69, 9.17) is 16.9 Å². The molecule has 0 spiro atoms. The van der Waals surface area contributed by atoms with Crippen LogP contribution in [0.25, 0.3) is 5.57 Å². The van der Waals surface area contributed by atoms with Crippen LogP contribution in [-0.4, -0.2) is 22.6 Å². The van der Waals surface area contributed by atoms with Gasteiger partial charge in [-0.25, -0.2) is 4.98 Å². The number of halogens is 1. The fraction of sp³-hybridized carbons (Fsp3) is 0.368. The molecule has 1 atom stereocenters. The molecule has 0 aliphatic heterocycles. The van der Waals surface area contributed by atoms with Gasteiger partial charge in [-0.3, -0.25) is 0 Å². The lowest BCUT2D eigenvalue weighted by Gasteiger charge is -2.36. The quantitative estimate of drug-likeness (QED) is 0.851. The maximum atomic E-state index is 9.08. The number of imidazole rings is 1. The van der Waals surface area contributed by atoms with Crippen LogP contribution in [0.1, 0.15) is 43.9 Å². The Kier molecular flexibility index (Phi) is 5.22. The molecule has 0 saturated carbocycles. The summed E-state index contributed by atoms with van der Waals surface area (Å²) in [5.74, 6) is 0. The zero-order valence-corrected chi connectivity index (χ0v) is 14.6. The van der Waals surface area contributed by atoms with Gasteiger partial charge in [-0.05, 0) is 49.5 Å². The van der Waals surface area contributed by atoms with Crippen molar-refractivity contribution in [3.05, 3.63) is 53.1 Å². The summed E-state index contributed by atoms with van der Waals surface area (Å²) in [6.45, 7) is 3.16.